The lowest BCUT2D eigenvalue weighted by Gasteiger charge is -2.43. The SMILES string of the molecule is CN1CC(=O)N(C(C)(C)CC(=O)O)c2ccccc21. The van der Waals surface area contributed by atoms with Crippen LogP contribution < -0.4 is 9.80 Å². The Morgan fingerprint density at radius 1 is 1.32 bits per heavy atom. The molecule has 0 saturated heterocycles. The Hall–Kier alpha value is -2.04. The zero-order valence-corrected chi connectivity index (χ0v) is 11.4. The number of carbonyl (C=O) groups excluding carboxylic acids is 1. The van der Waals surface area contributed by atoms with Gasteiger partial charge < -0.3 is 14.9 Å². The minimum atomic E-state index is -0.908. The molecular weight excluding hydrogens is 244 g/mol. The molecule has 0 unspecified atom stereocenters. The van der Waals surface area contributed by atoms with E-state index >= 15 is 0 Å². The Morgan fingerprint density at radius 2 is 1.89 bits per heavy atom. The van der Waals surface area contributed by atoms with Gasteiger partial charge in [-0.05, 0) is 26.0 Å². The monoisotopic (exact) mass is 262 g/mol. The van der Waals surface area contributed by atoms with Crippen molar-refractivity contribution in [1.82, 2.24) is 0 Å². The molecule has 2 rings (SSSR count). The summed E-state index contributed by atoms with van der Waals surface area (Å²) >= 11 is 0. The van der Waals surface area contributed by atoms with Crippen LogP contribution in [0.3, 0.4) is 0 Å². The van der Waals surface area contributed by atoms with Crippen LogP contribution in [-0.2, 0) is 9.59 Å². The minimum absolute atomic E-state index is 0.0764. The molecule has 102 valence electrons. The first-order valence-corrected chi connectivity index (χ1v) is 6.18. The van der Waals surface area contributed by atoms with E-state index in [1.54, 1.807) is 18.7 Å². The molecule has 1 aliphatic heterocycles. The summed E-state index contributed by atoms with van der Waals surface area (Å²) < 4.78 is 0. The van der Waals surface area contributed by atoms with Crippen molar-refractivity contribution in [2.75, 3.05) is 23.4 Å². The molecule has 1 aromatic rings. The number of anilines is 2. The highest BCUT2D eigenvalue weighted by molar-refractivity contribution is 6.04. The summed E-state index contributed by atoms with van der Waals surface area (Å²) in [4.78, 5) is 26.8. The molecule has 0 aromatic heterocycles. The Kier molecular flexibility index (Phi) is 3.22. The number of amides is 1. The maximum atomic E-state index is 12.3. The van der Waals surface area contributed by atoms with Crippen LogP contribution in [0.4, 0.5) is 11.4 Å². The number of carboxylic acid groups (broad SMARTS) is 1. The third kappa shape index (κ3) is 2.41. The van der Waals surface area contributed by atoms with Gasteiger partial charge in [-0.3, -0.25) is 9.59 Å². The summed E-state index contributed by atoms with van der Waals surface area (Å²) in [5, 5.41) is 9.02. The maximum Gasteiger partial charge on any atom is 0.305 e. The van der Waals surface area contributed by atoms with Crippen LogP contribution in [0.15, 0.2) is 24.3 Å². The van der Waals surface area contributed by atoms with Gasteiger partial charge in [0.2, 0.25) is 5.91 Å². The number of carboxylic acids is 1. The zero-order valence-electron chi connectivity index (χ0n) is 11.4. The molecule has 0 saturated carbocycles. The highest BCUT2D eigenvalue weighted by Gasteiger charge is 2.38. The molecule has 5 heteroatoms. The van der Waals surface area contributed by atoms with E-state index in [0.717, 1.165) is 11.4 Å². The number of rotatable bonds is 3. The second kappa shape index (κ2) is 4.57. The van der Waals surface area contributed by atoms with Gasteiger partial charge >= 0.3 is 5.97 Å². The smallest absolute Gasteiger partial charge is 0.305 e. The number of fused-ring (bicyclic) bond motifs is 1. The first-order valence-electron chi connectivity index (χ1n) is 6.18. The van der Waals surface area contributed by atoms with Gasteiger partial charge in [-0.25, -0.2) is 0 Å². The molecule has 1 aliphatic rings. The highest BCUT2D eigenvalue weighted by Crippen LogP contribution is 2.37. The first kappa shape index (κ1) is 13.4. The van der Waals surface area contributed by atoms with Crippen LogP contribution in [0.2, 0.25) is 0 Å². The average molecular weight is 262 g/mol. The number of hydrogen-bond acceptors (Lipinski definition) is 3. The Bertz CT molecular complexity index is 525. The molecule has 0 fully saturated rings. The van der Waals surface area contributed by atoms with E-state index in [4.69, 9.17) is 5.11 Å². The summed E-state index contributed by atoms with van der Waals surface area (Å²) in [6.45, 7) is 3.82. The number of hydrogen-bond donors (Lipinski definition) is 1. The lowest BCUT2D eigenvalue weighted by Crippen LogP contribution is -2.55. The molecule has 1 aromatic carbocycles. The van der Waals surface area contributed by atoms with E-state index in [-0.39, 0.29) is 18.9 Å². The fourth-order valence-corrected chi connectivity index (χ4v) is 2.58. The van der Waals surface area contributed by atoms with Gasteiger partial charge in [-0.2, -0.15) is 0 Å². The van der Waals surface area contributed by atoms with Crippen molar-refractivity contribution in [2.24, 2.45) is 0 Å². The van der Waals surface area contributed by atoms with Gasteiger partial charge in [0.05, 0.1) is 29.9 Å². The van der Waals surface area contributed by atoms with Gasteiger partial charge in [0, 0.05) is 7.05 Å². The fraction of sp³-hybridized carbons (Fsp3) is 0.429. The molecule has 0 bridgehead atoms. The van der Waals surface area contributed by atoms with Crippen LogP contribution in [0.25, 0.3) is 0 Å². The minimum Gasteiger partial charge on any atom is -0.481 e. The van der Waals surface area contributed by atoms with Crippen LogP contribution in [0.1, 0.15) is 20.3 Å². The predicted molar refractivity (Wildman–Crippen MR) is 73.5 cm³/mol. The van der Waals surface area contributed by atoms with Crippen molar-refractivity contribution in [1.29, 1.82) is 0 Å². The first-order chi connectivity index (χ1) is 8.83. The number of likely N-dealkylation sites (N-methyl/N-ethyl adjacent to an activating group) is 1. The number of benzene rings is 1. The molecule has 0 spiro atoms. The van der Waals surface area contributed by atoms with Gasteiger partial charge in [0.25, 0.3) is 0 Å². The molecule has 0 aliphatic carbocycles. The summed E-state index contributed by atoms with van der Waals surface area (Å²) in [6.07, 6.45) is -0.0865. The van der Waals surface area contributed by atoms with E-state index in [9.17, 15) is 9.59 Å². The quantitative estimate of drug-likeness (QED) is 0.901. The van der Waals surface area contributed by atoms with E-state index in [2.05, 4.69) is 0 Å². The Labute approximate surface area is 112 Å². The van der Waals surface area contributed by atoms with Crippen molar-refractivity contribution in [3.05, 3.63) is 24.3 Å². The summed E-state index contributed by atoms with van der Waals surface area (Å²) in [6, 6.07) is 7.56. The number of aliphatic carboxylic acids is 1. The summed E-state index contributed by atoms with van der Waals surface area (Å²) in [5.74, 6) is -0.985. The number of para-hydroxylation sites is 2. The van der Waals surface area contributed by atoms with Crippen molar-refractivity contribution in [2.45, 2.75) is 25.8 Å². The largest absolute Gasteiger partial charge is 0.481 e. The van der Waals surface area contributed by atoms with Crippen molar-refractivity contribution < 1.29 is 14.7 Å². The molecular formula is C14H18N2O3. The van der Waals surface area contributed by atoms with Gasteiger partial charge in [0.15, 0.2) is 0 Å². The lowest BCUT2D eigenvalue weighted by molar-refractivity contribution is -0.138. The summed E-state index contributed by atoms with van der Waals surface area (Å²) in [7, 11) is 1.86. The van der Waals surface area contributed by atoms with E-state index in [1.807, 2.05) is 36.2 Å². The van der Waals surface area contributed by atoms with Gasteiger partial charge in [0.1, 0.15) is 0 Å². The number of carbonyl (C=O) groups is 2. The summed E-state index contributed by atoms with van der Waals surface area (Å²) in [5.41, 5.74) is 0.966. The van der Waals surface area contributed by atoms with Crippen molar-refractivity contribution >= 4 is 23.3 Å². The molecule has 5 nitrogen and oxygen atoms in total. The third-order valence-corrected chi connectivity index (χ3v) is 3.34. The molecule has 0 radical (unpaired) electrons. The molecule has 19 heavy (non-hydrogen) atoms. The van der Waals surface area contributed by atoms with E-state index < -0.39 is 11.5 Å². The van der Waals surface area contributed by atoms with E-state index in [1.165, 1.54) is 0 Å². The van der Waals surface area contributed by atoms with Crippen LogP contribution >= 0.6 is 0 Å². The predicted octanol–water partition coefficient (Wildman–Crippen LogP) is 1.72. The average Bonchev–Trinajstić information content (AvgIpc) is 2.26. The molecule has 1 amide bonds. The normalized spacial score (nSPS) is 15.4. The van der Waals surface area contributed by atoms with E-state index in [0.29, 0.717) is 0 Å². The van der Waals surface area contributed by atoms with Crippen molar-refractivity contribution in [3.63, 3.8) is 0 Å². The van der Waals surface area contributed by atoms with Gasteiger partial charge in [-0.1, -0.05) is 12.1 Å². The maximum absolute atomic E-state index is 12.3. The van der Waals surface area contributed by atoms with Crippen LogP contribution in [-0.4, -0.2) is 36.1 Å². The Morgan fingerprint density at radius 3 is 2.47 bits per heavy atom. The second-order valence-electron chi connectivity index (χ2n) is 5.46. The van der Waals surface area contributed by atoms with Crippen LogP contribution in [0.5, 0.6) is 0 Å². The zero-order chi connectivity index (χ0) is 14.2. The third-order valence-electron chi connectivity index (χ3n) is 3.34. The highest BCUT2D eigenvalue weighted by atomic mass is 16.4. The fourth-order valence-electron chi connectivity index (χ4n) is 2.58. The molecule has 1 N–H and O–H groups in total. The van der Waals surface area contributed by atoms with Crippen LogP contribution in [0, 0.1) is 0 Å². The second-order valence-corrected chi connectivity index (χ2v) is 5.46. The standard InChI is InChI=1S/C14H18N2O3/c1-14(2,8-13(18)19)16-11-7-5-4-6-10(11)15(3)9-12(16)17/h4-7H,8-9H2,1-3H3,(H,18,19). The topological polar surface area (TPSA) is 60.9 Å². The molecule has 1 heterocycles. The lowest BCUT2D eigenvalue weighted by atomic mass is 9.95. The molecule has 0 atom stereocenters. The number of nitrogens with zero attached hydrogens (tertiary/aromatic N) is 2. The van der Waals surface area contributed by atoms with Crippen molar-refractivity contribution in [3.8, 4) is 0 Å². The Balaban J connectivity index is 2.48. The van der Waals surface area contributed by atoms with Gasteiger partial charge in [-0.15, -0.1) is 0 Å².